The van der Waals surface area contributed by atoms with Crippen molar-refractivity contribution >= 4 is 21.4 Å². The van der Waals surface area contributed by atoms with Gasteiger partial charge in [-0.2, -0.15) is 4.72 Å². The highest BCUT2D eigenvalue weighted by Gasteiger charge is 2.32. The number of fused-ring (bicyclic) bond motifs is 1. The molecule has 4 rings (SSSR count). The second-order valence-corrected chi connectivity index (χ2v) is 8.87. The Morgan fingerprint density at radius 1 is 1.32 bits per heavy atom. The quantitative estimate of drug-likeness (QED) is 0.916. The Kier molecular flexibility index (Phi) is 3.31. The van der Waals surface area contributed by atoms with Gasteiger partial charge in [0.05, 0.1) is 17.2 Å². The fourth-order valence-electron chi connectivity index (χ4n) is 2.79. The van der Waals surface area contributed by atoms with E-state index in [1.54, 1.807) is 0 Å². The Morgan fingerprint density at radius 3 is 2.91 bits per heavy atom. The van der Waals surface area contributed by atoms with Crippen molar-refractivity contribution in [3.8, 4) is 0 Å². The molecule has 22 heavy (non-hydrogen) atoms. The second kappa shape index (κ2) is 5.10. The lowest BCUT2D eigenvalue weighted by Gasteiger charge is -2.23. The Balaban J connectivity index is 1.59. The molecule has 0 bridgehead atoms. The van der Waals surface area contributed by atoms with Gasteiger partial charge in [0.1, 0.15) is 5.82 Å². The molecule has 2 aromatic rings. The molecule has 7 nitrogen and oxygen atoms in total. The van der Waals surface area contributed by atoms with Gasteiger partial charge in [-0.15, -0.1) is 21.5 Å². The zero-order valence-corrected chi connectivity index (χ0v) is 13.8. The fourth-order valence-corrected chi connectivity index (χ4v) is 5.35. The number of nitrogens with one attached hydrogen (secondary N) is 1. The van der Waals surface area contributed by atoms with E-state index in [4.69, 9.17) is 0 Å². The molecule has 1 aliphatic heterocycles. The monoisotopic (exact) mass is 339 g/mol. The summed E-state index contributed by atoms with van der Waals surface area (Å²) in [6.45, 7) is 2.73. The van der Waals surface area contributed by atoms with Crippen LogP contribution in [-0.4, -0.2) is 28.2 Å². The van der Waals surface area contributed by atoms with Gasteiger partial charge < -0.3 is 4.57 Å². The van der Waals surface area contributed by atoms with Gasteiger partial charge in [-0.05, 0) is 32.6 Å². The van der Waals surface area contributed by atoms with E-state index in [0.29, 0.717) is 16.0 Å². The van der Waals surface area contributed by atoms with Crippen molar-refractivity contribution in [2.45, 2.75) is 55.3 Å². The van der Waals surface area contributed by atoms with Gasteiger partial charge >= 0.3 is 0 Å². The lowest BCUT2D eigenvalue weighted by atomic mass is 10.1. The van der Waals surface area contributed by atoms with Crippen LogP contribution in [-0.2, 0) is 16.6 Å². The van der Waals surface area contributed by atoms with Crippen LogP contribution in [0.5, 0.6) is 0 Å². The van der Waals surface area contributed by atoms with Crippen LogP contribution < -0.4 is 4.72 Å². The first-order valence-corrected chi connectivity index (χ1v) is 9.72. The van der Waals surface area contributed by atoms with E-state index in [-0.39, 0.29) is 6.04 Å². The fraction of sp³-hybridized carbons (Fsp3) is 0.615. The summed E-state index contributed by atoms with van der Waals surface area (Å²) in [5, 5.41) is 9.12. The average molecular weight is 339 g/mol. The second-order valence-electron chi connectivity index (χ2n) is 5.86. The van der Waals surface area contributed by atoms with Gasteiger partial charge in [0.15, 0.2) is 10.0 Å². The molecule has 1 N–H and O–H groups in total. The molecule has 1 fully saturated rings. The summed E-state index contributed by atoms with van der Waals surface area (Å²) in [6, 6.07) is -0.313. The molecular formula is C13H17N5O2S2. The Labute approximate surface area is 132 Å². The molecule has 0 amide bonds. The Hall–Kier alpha value is -1.32. The number of rotatable bonds is 4. The molecule has 9 heteroatoms. The standard InChI is InChI=1S/C13H17N5O2S2/c1-8-15-16-12-10(3-2-6-18(8)12)17-22(19,20)11-7-14-13(21-11)9-4-5-9/h7,9-10,17H,2-6H2,1H3. The van der Waals surface area contributed by atoms with E-state index in [0.717, 1.165) is 43.1 Å². The van der Waals surface area contributed by atoms with Gasteiger partial charge in [0.2, 0.25) is 0 Å². The van der Waals surface area contributed by atoms with Gasteiger partial charge in [-0.1, -0.05) is 0 Å². The van der Waals surface area contributed by atoms with Crippen LogP contribution in [0.1, 0.15) is 54.3 Å². The Bertz CT molecular complexity index is 806. The van der Waals surface area contributed by atoms with E-state index in [2.05, 4.69) is 19.9 Å². The minimum Gasteiger partial charge on any atom is -0.314 e. The smallest absolute Gasteiger partial charge is 0.252 e. The van der Waals surface area contributed by atoms with Crippen LogP contribution in [0.4, 0.5) is 0 Å². The molecule has 118 valence electrons. The zero-order valence-electron chi connectivity index (χ0n) is 12.2. The molecule has 0 radical (unpaired) electrons. The summed E-state index contributed by atoms with van der Waals surface area (Å²) in [5.41, 5.74) is 0. The molecular weight excluding hydrogens is 322 g/mol. The maximum atomic E-state index is 12.6. The van der Waals surface area contributed by atoms with Crippen molar-refractivity contribution in [1.82, 2.24) is 24.5 Å². The summed E-state index contributed by atoms with van der Waals surface area (Å²) < 4.78 is 30.2. The molecule has 1 saturated carbocycles. The van der Waals surface area contributed by atoms with Crippen molar-refractivity contribution in [2.75, 3.05) is 0 Å². The summed E-state index contributed by atoms with van der Waals surface area (Å²) in [4.78, 5) is 4.25. The largest absolute Gasteiger partial charge is 0.314 e. The van der Waals surface area contributed by atoms with Gasteiger partial charge in [0.25, 0.3) is 10.0 Å². The van der Waals surface area contributed by atoms with Gasteiger partial charge in [-0.3, -0.25) is 0 Å². The summed E-state index contributed by atoms with van der Waals surface area (Å²) in [6.07, 6.45) is 5.36. The molecule has 2 aromatic heterocycles. The van der Waals surface area contributed by atoms with Crippen molar-refractivity contribution < 1.29 is 8.42 Å². The first-order valence-electron chi connectivity index (χ1n) is 7.42. The van der Waals surface area contributed by atoms with Crippen molar-refractivity contribution in [3.63, 3.8) is 0 Å². The van der Waals surface area contributed by atoms with Crippen LogP contribution in [0.3, 0.4) is 0 Å². The molecule has 1 aliphatic carbocycles. The van der Waals surface area contributed by atoms with Gasteiger partial charge in [0, 0.05) is 12.5 Å². The highest BCUT2D eigenvalue weighted by atomic mass is 32.2. The zero-order chi connectivity index (χ0) is 15.3. The minimum absolute atomic E-state index is 0.294. The maximum Gasteiger partial charge on any atom is 0.252 e. The van der Waals surface area contributed by atoms with Crippen molar-refractivity contribution in [1.29, 1.82) is 0 Å². The van der Waals surface area contributed by atoms with Crippen LogP contribution in [0.2, 0.25) is 0 Å². The molecule has 3 heterocycles. The van der Waals surface area contributed by atoms with E-state index in [9.17, 15) is 8.42 Å². The molecule has 1 atom stereocenters. The predicted octanol–water partition coefficient (Wildman–Crippen LogP) is 1.73. The summed E-state index contributed by atoms with van der Waals surface area (Å²) >= 11 is 1.28. The number of hydrogen-bond acceptors (Lipinski definition) is 6. The van der Waals surface area contributed by atoms with Crippen molar-refractivity contribution in [2.24, 2.45) is 0 Å². The third-order valence-corrected chi connectivity index (χ3v) is 7.23. The molecule has 1 unspecified atom stereocenters. The topological polar surface area (TPSA) is 89.8 Å². The van der Waals surface area contributed by atoms with Crippen LogP contribution in [0.15, 0.2) is 10.4 Å². The van der Waals surface area contributed by atoms with Gasteiger partial charge in [-0.25, -0.2) is 13.4 Å². The SMILES string of the molecule is Cc1nnc2n1CCCC2NS(=O)(=O)c1cnc(C2CC2)s1. The van der Waals surface area contributed by atoms with Crippen molar-refractivity contribution in [3.05, 3.63) is 22.9 Å². The average Bonchev–Trinajstić information content (AvgIpc) is 3.07. The summed E-state index contributed by atoms with van der Waals surface area (Å²) in [7, 11) is -3.55. The first kappa shape index (κ1) is 14.3. The van der Waals surface area contributed by atoms with Crippen LogP contribution in [0.25, 0.3) is 0 Å². The highest BCUT2D eigenvalue weighted by molar-refractivity contribution is 7.91. The van der Waals surface area contributed by atoms with Crippen LogP contribution in [0, 0.1) is 6.92 Å². The third kappa shape index (κ3) is 2.46. The number of nitrogens with zero attached hydrogens (tertiary/aromatic N) is 4. The third-order valence-electron chi connectivity index (χ3n) is 4.14. The lowest BCUT2D eigenvalue weighted by molar-refractivity contribution is 0.419. The number of sulfonamides is 1. The number of thiazole rings is 1. The molecule has 0 aromatic carbocycles. The Morgan fingerprint density at radius 2 is 2.14 bits per heavy atom. The number of hydrogen-bond donors (Lipinski definition) is 1. The normalized spacial score (nSPS) is 21.8. The predicted molar refractivity (Wildman–Crippen MR) is 81.1 cm³/mol. The molecule has 0 spiro atoms. The molecule has 2 aliphatic rings. The number of aromatic nitrogens is 4. The summed E-state index contributed by atoms with van der Waals surface area (Å²) in [5.74, 6) is 2.00. The van der Waals surface area contributed by atoms with E-state index >= 15 is 0 Å². The first-order chi connectivity index (χ1) is 10.5. The minimum atomic E-state index is -3.55. The highest BCUT2D eigenvalue weighted by Crippen LogP contribution is 2.42. The van der Waals surface area contributed by atoms with E-state index < -0.39 is 10.0 Å². The van der Waals surface area contributed by atoms with Crippen LogP contribution >= 0.6 is 11.3 Å². The van der Waals surface area contributed by atoms with E-state index in [1.165, 1.54) is 17.5 Å². The number of aryl methyl sites for hydroxylation is 1. The van der Waals surface area contributed by atoms with E-state index in [1.807, 2.05) is 11.5 Å². The molecule has 0 saturated heterocycles. The lowest BCUT2D eigenvalue weighted by Crippen LogP contribution is -2.32. The maximum absolute atomic E-state index is 12.6.